The molecule has 7 nitrogen and oxygen atoms in total. The summed E-state index contributed by atoms with van der Waals surface area (Å²) in [7, 11) is -3.57. The number of rotatable bonds is 3. The third-order valence-electron chi connectivity index (χ3n) is 3.00. The van der Waals surface area contributed by atoms with E-state index < -0.39 is 10.0 Å². The molecule has 3 rings (SSSR count). The molecule has 0 spiro atoms. The summed E-state index contributed by atoms with van der Waals surface area (Å²) in [5.41, 5.74) is 0.380. The predicted molar refractivity (Wildman–Crippen MR) is 67.5 cm³/mol. The molecule has 8 heteroatoms. The molecule has 1 fully saturated rings. The van der Waals surface area contributed by atoms with E-state index >= 15 is 0 Å². The van der Waals surface area contributed by atoms with E-state index in [1.165, 1.54) is 12.1 Å². The van der Waals surface area contributed by atoms with Crippen LogP contribution in [0.3, 0.4) is 0 Å². The van der Waals surface area contributed by atoms with Crippen molar-refractivity contribution in [3.05, 3.63) is 18.2 Å². The molecule has 3 N–H and O–H groups in total. The van der Waals surface area contributed by atoms with E-state index in [2.05, 4.69) is 15.4 Å². The van der Waals surface area contributed by atoms with E-state index in [1.54, 1.807) is 6.07 Å². The number of sulfonamides is 1. The standard InChI is InChI=1S/C11H13N3O4S/c15-11-6-18-10-2-1-8(3-9(10)13-11)19(16,17)14-7-4-12-5-7/h1-3,7,12,14H,4-6H2,(H,13,15). The number of benzene rings is 1. The Labute approximate surface area is 110 Å². The summed E-state index contributed by atoms with van der Waals surface area (Å²) >= 11 is 0. The molecule has 2 heterocycles. The Morgan fingerprint density at radius 3 is 2.79 bits per heavy atom. The topological polar surface area (TPSA) is 96.5 Å². The summed E-state index contributed by atoms with van der Waals surface area (Å²) in [4.78, 5) is 11.3. The molecule has 102 valence electrons. The van der Waals surface area contributed by atoms with Crippen molar-refractivity contribution in [1.29, 1.82) is 0 Å². The number of hydrogen-bond donors (Lipinski definition) is 3. The average Bonchev–Trinajstić information content (AvgIpc) is 2.33. The number of hydrogen-bond acceptors (Lipinski definition) is 5. The van der Waals surface area contributed by atoms with E-state index in [0.717, 1.165) is 0 Å². The largest absolute Gasteiger partial charge is 0.482 e. The highest BCUT2D eigenvalue weighted by atomic mass is 32.2. The Kier molecular flexibility index (Phi) is 2.92. The first kappa shape index (κ1) is 12.4. The van der Waals surface area contributed by atoms with Gasteiger partial charge in [0.25, 0.3) is 5.91 Å². The second kappa shape index (κ2) is 4.48. The van der Waals surface area contributed by atoms with Crippen molar-refractivity contribution in [2.75, 3.05) is 25.0 Å². The molecule has 0 radical (unpaired) electrons. The predicted octanol–water partition coefficient (Wildman–Crippen LogP) is -0.732. The van der Waals surface area contributed by atoms with Gasteiger partial charge < -0.3 is 15.4 Å². The van der Waals surface area contributed by atoms with E-state index in [-0.39, 0.29) is 23.5 Å². The monoisotopic (exact) mass is 283 g/mol. The molecular formula is C11H13N3O4S. The van der Waals surface area contributed by atoms with Gasteiger partial charge in [-0.1, -0.05) is 0 Å². The fourth-order valence-electron chi connectivity index (χ4n) is 1.89. The lowest BCUT2D eigenvalue weighted by atomic mass is 10.2. The zero-order valence-electron chi connectivity index (χ0n) is 9.97. The first-order valence-electron chi connectivity index (χ1n) is 5.84. The summed E-state index contributed by atoms with van der Waals surface area (Å²) in [5, 5.41) is 5.57. The number of amides is 1. The molecule has 0 bridgehead atoms. The third-order valence-corrected chi connectivity index (χ3v) is 4.52. The van der Waals surface area contributed by atoms with Crippen LogP contribution in [0.1, 0.15) is 0 Å². The molecule has 2 aliphatic heterocycles. The number of carbonyl (C=O) groups excluding carboxylic acids is 1. The first-order valence-corrected chi connectivity index (χ1v) is 7.33. The van der Waals surface area contributed by atoms with Crippen LogP contribution in [0.5, 0.6) is 5.75 Å². The highest BCUT2D eigenvalue weighted by Gasteiger charge is 2.26. The number of carbonyl (C=O) groups is 1. The second-order valence-corrected chi connectivity index (χ2v) is 6.19. The molecule has 0 aliphatic carbocycles. The fraction of sp³-hybridized carbons (Fsp3) is 0.364. The van der Waals surface area contributed by atoms with Gasteiger partial charge in [0, 0.05) is 19.1 Å². The number of nitrogens with one attached hydrogen (secondary N) is 3. The van der Waals surface area contributed by atoms with Crippen LogP contribution >= 0.6 is 0 Å². The van der Waals surface area contributed by atoms with Crippen LogP contribution in [0.25, 0.3) is 0 Å². The van der Waals surface area contributed by atoms with Gasteiger partial charge in [-0.05, 0) is 18.2 Å². The molecule has 0 aromatic heterocycles. The summed E-state index contributed by atoms with van der Waals surface area (Å²) in [6, 6.07) is 4.33. The summed E-state index contributed by atoms with van der Waals surface area (Å²) in [5.74, 6) is 0.182. The molecule has 2 aliphatic rings. The molecule has 0 unspecified atom stereocenters. The highest BCUT2D eigenvalue weighted by Crippen LogP contribution is 2.30. The quantitative estimate of drug-likeness (QED) is 0.679. The van der Waals surface area contributed by atoms with Crippen LogP contribution in [0.4, 0.5) is 5.69 Å². The van der Waals surface area contributed by atoms with Crippen molar-refractivity contribution < 1.29 is 17.9 Å². The van der Waals surface area contributed by atoms with E-state index in [1.807, 2.05) is 0 Å². The van der Waals surface area contributed by atoms with E-state index in [0.29, 0.717) is 24.5 Å². The van der Waals surface area contributed by atoms with Gasteiger partial charge in [0.2, 0.25) is 10.0 Å². The van der Waals surface area contributed by atoms with Crippen LogP contribution in [0, 0.1) is 0 Å². The van der Waals surface area contributed by atoms with Gasteiger partial charge >= 0.3 is 0 Å². The van der Waals surface area contributed by atoms with Crippen molar-refractivity contribution in [2.45, 2.75) is 10.9 Å². The summed E-state index contributed by atoms with van der Waals surface area (Å²) in [6.07, 6.45) is 0. The summed E-state index contributed by atoms with van der Waals surface area (Å²) < 4.78 is 32.0. The minimum atomic E-state index is -3.57. The van der Waals surface area contributed by atoms with E-state index in [9.17, 15) is 13.2 Å². The van der Waals surface area contributed by atoms with Crippen LogP contribution in [0.15, 0.2) is 23.1 Å². The highest BCUT2D eigenvalue weighted by molar-refractivity contribution is 7.89. The molecule has 19 heavy (non-hydrogen) atoms. The van der Waals surface area contributed by atoms with Crippen molar-refractivity contribution >= 4 is 21.6 Å². The molecule has 1 aromatic rings. The number of ether oxygens (including phenoxy) is 1. The van der Waals surface area contributed by atoms with E-state index in [4.69, 9.17) is 4.74 Å². The Morgan fingerprint density at radius 2 is 2.11 bits per heavy atom. The molecule has 0 atom stereocenters. The van der Waals surface area contributed by atoms with Crippen molar-refractivity contribution in [1.82, 2.24) is 10.0 Å². The van der Waals surface area contributed by atoms with Crippen LogP contribution < -0.4 is 20.1 Å². The smallest absolute Gasteiger partial charge is 0.262 e. The van der Waals surface area contributed by atoms with Gasteiger partial charge in [0.15, 0.2) is 6.61 Å². The average molecular weight is 283 g/mol. The minimum absolute atomic E-state index is 0.0505. The van der Waals surface area contributed by atoms with Gasteiger partial charge in [-0.25, -0.2) is 13.1 Å². The Bertz CT molecular complexity index is 625. The lowest BCUT2D eigenvalue weighted by Crippen LogP contribution is -2.56. The van der Waals surface area contributed by atoms with Crippen molar-refractivity contribution in [3.8, 4) is 5.75 Å². The van der Waals surface area contributed by atoms with Gasteiger partial charge in [0.05, 0.1) is 10.6 Å². The maximum atomic E-state index is 12.1. The number of fused-ring (bicyclic) bond motifs is 1. The zero-order chi connectivity index (χ0) is 13.5. The van der Waals surface area contributed by atoms with Crippen molar-refractivity contribution in [3.63, 3.8) is 0 Å². The Morgan fingerprint density at radius 1 is 1.32 bits per heavy atom. The number of anilines is 1. The fourth-order valence-corrected chi connectivity index (χ4v) is 3.15. The lowest BCUT2D eigenvalue weighted by molar-refractivity contribution is -0.118. The van der Waals surface area contributed by atoms with Gasteiger partial charge in [-0.15, -0.1) is 0 Å². The maximum Gasteiger partial charge on any atom is 0.262 e. The van der Waals surface area contributed by atoms with Gasteiger partial charge in [-0.2, -0.15) is 0 Å². The Balaban J connectivity index is 1.88. The molecule has 0 saturated carbocycles. The SMILES string of the molecule is O=C1COc2ccc(S(=O)(=O)NC3CNC3)cc2N1. The molecule has 1 aromatic carbocycles. The maximum absolute atomic E-state index is 12.1. The first-order chi connectivity index (χ1) is 9.04. The van der Waals surface area contributed by atoms with Gasteiger partial charge in [-0.3, -0.25) is 4.79 Å². The van der Waals surface area contributed by atoms with Crippen LogP contribution in [-0.2, 0) is 14.8 Å². The normalized spacial score (nSPS) is 19.1. The van der Waals surface area contributed by atoms with Gasteiger partial charge in [0.1, 0.15) is 5.75 Å². The van der Waals surface area contributed by atoms with Crippen LogP contribution in [-0.4, -0.2) is 40.1 Å². The minimum Gasteiger partial charge on any atom is -0.482 e. The zero-order valence-corrected chi connectivity index (χ0v) is 10.8. The molecule has 1 amide bonds. The summed E-state index contributed by atoms with van der Waals surface area (Å²) in [6.45, 7) is 1.21. The molecular weight excluding hydrogens is 270 g/mol. The second-order valence-electron chi connectivity index (χ2n) is 4.47. The lowest BCUT2D eigenvalue weighted by Gasteiger charge is -2.27. The molecule has 1 saturated heterocycles. The Hall–Kier alpha value is -1.64. The third kappa shape index (κ3) is 2.42. The van der Waals surface area contributed by atoms with Crippen molar-refractivity contribution in [2.24, 2.45) is 0 Å². The van der Waals surface area contributed by atoms with Crippen LogP contribution in [0.2, 0.25) is 0 Å².